The zero-order chi connectivity index (χ0) is 22.4. The molecule has 3 rings (SSSR count). The van der Waals surface area contributed by atoms with Crippen molar-refractivity contribution in [2.75, 3.05) is 38.7 Å². The molecule has 0 saturated carbocycles. The normalized spacial score (nSPS) is 11.4. The Balaban J connectivity index is 2.01. The number of amides is 1. The number of fused-ring (bicyclic) bond motifs is 1. The number of rotatable bonds is 10. The lowest BCUT2D eigenvalue weighted by atomic mass is 10.2. The molecule has 2 aromatic heterocycles. The highest BCUT2D eigenvalue weighted by Crippen LogP contribution is 2.28. The minimum atomic E-state index is -0.223. The first-order chi connectivity index (χ1) is 15.0. The second-order valence-electron chi connectivity index (χ2n) is 7.31. The first kappa shape index (κ1) is 23.1. The van der Waals surface area contributed by atoms with Crippen LogP contribution in [0.1, 0.15) is 34.9 Å². The third-order valence-corrected chi connectivity index (χ3v) is 6.62. The maximum absolute atomic E-state index is 13.5. The third-order valence-electron chi connectivity index (χ3n) is 5.43. The molecule has 8 heteroatoms. The van der Waals surface area contributed by atoms with E-state index >= 15 is 0 Å². The lowest BCUT2D eigenvalue weighted by Crippen LogP contribution is -2.33. The van der Waals surface area contributed by atoms with E-state index in [0.29, 0.717) is 46.1 Å². The molecule has 0 aliphatic heterocycles. The Morgan fingerprint density at radius 2 is 1.94 bits per heavy atom. The van der Waals surface area contributed by atoms with Crippen LogP contribution < -0.4 is 10.9 Å². The third kappa shape index (κ3) is 5.20. The molecule has 3 aromatic rings. The predicted molar refractivity (Wildman–Crippen MR) is 126 cm³/mol. The van der Waals surface area contributed by atoms with Gasteiger partial charge in [-0.15, -0.1) is 11.3 Å². The molecule has 0 spiro atoms. The standard InChI is InChI=1S/C23H30N4O3S/c1-5-26(6-2)13-14-27-18(12-15-30-4)25-22-19(23(27)29)16(3)20(31-22)21(28)24-17-10-8-7-9-11-17/h7-11H,5-6,12-15H2,1-4H3,(H,24,28). The lowest BCUT2D eigenvalue weighted by molar-refractivity contribution is 0.103. The van der Waals surface area contributed by atoms with Gasteiger partial charge in [0.2, 0.25) is 0 Å². The molecule has 1 aromatic carbocycles. The Hall–Kier alpha value is -2.55. The van der Waals surface area contributed by atoms with Crippen LogP contribution >= 0.6 is 11.3 Å². The van der Waals surface area contributed by atoms with E-state index in [4.69, 9.17) is 9.72 Å². The summed E-state index contributed by atoms with van der Waals surface area (Å²) in [6.45, 7) is 9.71. The summed E-state index contributed by atoms with van der Waals surface area (Å²) in [4.78, 5) is 34.5. The number of aromatic nitrogens is 2. The van der Waals surface area contributed by atoms with Crippen LogP contribution in [-0.2, 0) is 17.7 Å². The topological polar surface area (TPSA) is 76.5 Å². The smallest absolute Gasteiger partial charge is 0.266 e. The van der Waals surface area contributed by atoms with Crippen LogP contribution in [0, 0.1) is 6.92 Å². The highest BCUT2D eigenvalue weighted by molar-refractivity contribution is 7.20. The number of benzene rings is 1. The average Bonchev–Trinajstić information content (AvgIpc) is 3.11. The van der Waals surface area contributed by atoms with Crippen molar-refractivity contribution in [2.45, 2.75) is 33.7 Å². The number of thiophene rings is 1. The van der Waals surface area contributed by atoms with Crippen LogP contribution in [0.4, 0.5) is 5.69 Å². The van der Waals surface area contributed by atoms with Gasteiger partial charge in [-0.05, 0) is 37.7 Å². The number of likely N-dealkylation sites (N-methyl/N-ethyl adjacent to an activating group) is 1. The monoisotopic (exact) mass is 442 g/mol. The number of anilines is 1. The van der Waals surface area contributed by atoms with Crippen LogP contribution in [0.5, 0.6) is 0 Å². The number of nitrogens with zero attached hydrogens (tertiary/aromatic N) is 3. The lowest BCUT2D eigenvalue weighted by Gasteiger charge is -2.20. The van der Waals surface area contributed by atoms with Crippen molar-refractivity contribution in [3.05, 3.63) is 57.0 Å². The van der Waals surface area contributed by atoms with E-state index in [2.05, 4.69) is 24.1 Å². The van der Waals surface area contributed by atoms with Gasteiger partial charge in [0.15, 0.2) is 0 Å². The van der Waals surface area contributed by atoms with Gasteiger partial charge >= 0.3 is 0 Å². The molecular formula is C23H30N4O3S. The fraction of sp³-hybridized carbons (Fsp3) is 0.435. The van der Waals surface area contributed by atoms with Crippen LogP contribution in [0.25, 0.3) is 10.2 Å². The predicted octanol–water partition coefficient (Wildman–Crippen LogP) is 3.55. The Bertz CT molecular complexity index is 1090. The zero-order valence-electron chi connectivity index (χ0n) is 18.6. The van der Waals surface area contributed by atoms with Gasteiger partial charge in [-0.1, -0.05) is 32.0 Å². The SMILES string of the molecule is CCN(CC)CCn1c(CCOC)nc2sc(C(=O)Nc3ccccc3)c(C)c2c1=O. The summed E-state index contributed by atoms with van der Waals surface area (Å²) >= 11 is 1.27. The van der Waals surface area contributed by atoms with E-state index in [0.717, 1.165) is 25.3 Å². The van der Waals surface area contributed by atoms with Gasteiger partial charge in [0.1, 0.15) is 10.7 Å². The number of para-hydroxylation sites is 1. The molecule has 0 fully saturated rings. The number of aryl methyl sites for hydroxylation is 1. The number of methoxy groups -OCH3 is 1. The van der Waals surface area contributed by atoms with Crippen molar-refractivity contribution in [1.82, 2.24) is 14.5 Å². The van der Waals surface area contributed by atoms with Crippen LogP contribution in [-0.4, -0.2) is 53.7 Å². The molecule has 166 valence electrons. The van der Waals surface area contributed by atoms with Gasteiger partial charge < -0.3 is 15.0 Å². The zero-order valence-corrected chi connectivity index (χ0v) is 19.4. The van der Waals surface area contributed by atoms with Crippen molar-refractivity contribution in [1.29, 1.82) is 0 Å². The van der Waals surface area contributed by atoms with Gasteiger partial charge in [-0.2, -0.15) is 0 Å². The van der Waals surface area contributed by atoms with E-state index in [9.17, 15) is 9.59 Å². The second-order valence-corrected chi connectivity index (χ2v) is 8.31. The highest BCUT2D eigenvalue weighted by atomic mass is 32.1. The molecule has 1 N–H and O–H groups in total. The summed E-state index contributed by atoms with van der Waals surface area (Å²) in [6.07, 6.45) is 0.544. The number of ether oxygens (including phenoxy) is 1. The van der Waals surface area contributed by atoms with Crippen LogP contribution in [0.2, 0.25) is 0 Å². The van der Waals surface area contributed by atoms with Crippen molar-refractivity contribution in [3.8, 4) is 0 Å². The van der Waals surface area contributed by atoms with Crippen molar-refractivity contribution >= 4 is 33.1 Å². The minimum absolute atomic E-state index is 0.0872. The summed E-state index contributed by atoms with van der Waals surface area (Å²) in [7, 11) is 1.64. The fourth-order valence-corrected chi connectivity index (χ4v) is 4.67. The number of nitrogens with one attached hydrogen (secondary N) is 1. The number of carbonyl (C=O) groups is 1. The van der Waals surface area contributed by atoms with Crippen LogP contribution in [0.15, 0.2) is 35.1 Å². The van der Waals surface area contributed by atoms with Gasteiger partial charge in [-0.3, -0.25) is 14.2 Å². The summed E-state index contributed by atoms with van der Waals surface area (Å²) < 4.78 is 6.98. The number of hydrogen-bond acceptors (Lipinski definition) is 6. The summed E-state index contributed by atoms with van der Waals surface area (Å²) in [5.41, 5.74) is 1.31. The second kappa shape index (κ2) is 10.7. The molecule has 31 heavy (non-hydrogen) atoms. The average molecular weight is 443 g/mol. The Morgan fingerprint density at radius 1 is 1.23 bits per heavy atom. The van der Waals surface area contributed by atoms with Crippen molar-refractivity contribution < 1.29 is 9.53 Å². The minimum Gasteiger partial charge on any atom is -0.384 e. The molecule has 7 nitrogen and oxygen atoms in total. The Kier molecular flexibility index (Phi) is 7.95. The summed E-state index contributed by atoms with van der Waals surface area (Å²) in [5.74, 6) is 0.474. The summed E-state index contributed by atoms with van der Waals surface area (Å²) in [6, 6.07) is 9.30. The molecule has 1 amide bonds. The first-order valence-corrected chi connectivity index (χ1v) is 11.4. The van der Waals surface area contributed by atoms with Crippen molar-refractivity contribution in [2.24, 2.45) is 0 Å². The highest BCUT2D eigenvalue weighted by Gasteiger charge is 2.22. The maximum Gasteiger partial charge on any atom is 0.266 e. The molecule has 0 aliphatic rings. The molecular weight excluding hydrogens is 412 g/mol. The number of carbonyl (C=O) groups excluding carboxylic acids is 1. The van der Waals surface area contributed by atoms with Gasteiger partial charge in [0.25, 0.3) is 11.5 Å². The van der Waals surface area contributed by atoms with Crippen LogP contribution in [0.3, 0.4) is 0 Å². The first-order valence-electron chi connectivity index (χ1n) is 10.6. The Labute approximate surface area is 186 Å². The van der Waals surface area contributed by atoms with Crippen molar-refractivity contribution in [3.63, 3.8) is 0 Å². The quantitative estimate of drug-likeness (QED) is 0.520. The maximum atomic E-state index is 13.5. The largest absolute Gasteiger partial charge is 0.384 e. The van der Waals surface area contributed by atoms with E-state index in [1.54, 1.807) is 11.7 Å². The van der Waals surface area contributed by atoms with E-state index in [-0.39, 0.29) is 11.5 Å². The van der Waals surface area contributed by atoms with Gasteiger partial charge in [0.05, 0.1) is 16.9 Å². The summed E-state index contributed by atoms with van der Waals surface area (Å²) in [5, 5.41) is 3.44. The molecule has 2 heterocycles. The number of hydrogen-bond donors (Lipinski definition) is 1. The van der Waals surface area contributed by atoms with E-state index < -0.39 is 0 Å². The van der Waals surface area contributed by atoms with E-state index in [1.807, 2.05) is 37.3 Å². The molecule has 0 saturated heterocycles. The van der Waals surface area contributed by atoms with E-state index in [1.165, 1.54) is 11.3 Å². The molecule has 0 aliphatic carbocycles. The molecule has 0 atom stereocenters. The van der Waals surface area contributed by atoms with Gasteiger partial charge in [-0.25, -0.2) is 4.98 Å². The van der Waals surface area contributed by atoms with Gasteiger partial charge in [0, 0.05) is 32.3 Å². The molecule has 0 unspecified atom stereocenters. The Morgan fingerprint density at radius 3 is 2.58 bits per heavy atom. The fourth-order valence-electron chi connectivity index (χ4n) is 3.58. The molecule has 0 bridgehead atoms. The molecule has 0 radical (unpaired) electrons.